The minimum Gasteiger partial charge on any atom is -0.354 e. The van der Waals surface area contributed by atoms with Gasteiger partial charge in [-0.25, -0.2) is 9.97 Å². The Morgan fingerprint density at radius 2 is 1.95 bits per heavy atom. The Kier molecular flexibility index (Phi) is 5.02. The molecular formula is C14H18Cl2N4. The van der Waals surface area contributed by atoms with Crippen molar-refractivity contribution >= 4 is 40.9 Å². The van der Waals surface area contributed by atoms with E-state index >= 15 is 0 Å². The molecule has 0 radical (unpaired) electrons. The minimum atomic E-state index is 0. The Labute approximate surface area is 129 Å². The van der Waals surface area contributed by atoms with Gasteiger partial charge in [-0.15, -0.1) is 12.4 Å². The van der Waals surface area contributed by atoms with Gasteiger partial charge in [-0.1, -0.05) is 23.7 Å². The van der Waals surface area contributed by atoms with E-state index in [-0.39, 0.29) is 12.4 Å². The number of piperidine rings is 1. The van der Waals surface area contributed by atoms with Crippen LogP contribution in [-0.2, 0) is 0 Å². The molecule has 108 valence electrons. The maximum Gasteiger partial charge on any atom is 0.172 e. The monoisotopic (exact) mass is 312 g/mol. The van der Waals surface area contributed by atoms with Crippen molar-refractivity contribution < 1.29 is 0 Å². The zero-order valence-electron chi connectivity index (χ0n) is 11.1. The fraction of sp³-hybridized carbons (Fsp3) is 0.429. The molecule has 3 rings (SSSR count). The number of aromatic nitrogens is 2. The van der Waals surface area contributed by atoms with Gasteiger partial charge in [0, 0.05) is 13.1 Å². The molecule has 6 heteroatoms. The van der Waals surface area contributed by atoms with E-state index in [1.165, 1.54) is 6.42 Å². The first-order valence-electron chi connectivity index (χ1n) is 6.65. The van der Waals surface area contributed by atoms with E-state index in [4.69, 9.17) is 17.3 Å². The van der Waals surface area contributed by atoms with Gasteiger partial charge in [0.1, 0.15) is 0 Å². The molecule has 1 saturated heterocycles. The lowest BCUT2D eigenvalue weighted by Crippen LogP contribution is -2.39. The standard InChI is InChI=1S/C14H17ClN4.ClH/c15-13-14(19-7-3-4-10(8-16)9-19)18-12-6-2-1-5-11(12)17-13;/h1-2,5-6,10H,3-4,7-9,16H2;1H. The maximum atomic E-state index is 6.28. The number of benzene rings is 1. The molecule has 0 bridgehead atoms. The van der Waals surface area contributed by atoms with Gasteiger partial charge in [0.15, 0.2) is 11.0 Å². The Morgan fingerprint density at radius 1 is 1.25 bits per heavy atom. The number of nitrogens with zero attached hydrogens (tertiary/aromatic N) is 3. The highest BCUT2D eigenvalue weighted by Gasteiger charge is 2.22. The molecule has 2 aromatic rings. The van der Waals surface area contributed by atoms with E-state index in [0.29, 0.717) is 11.1 Å². The summed E-state index contributed by atoms with van der Waals surface area (Å²) < 4.78 is 0. The third-order valence-corrected chi connectivity index (χ3v) is 3.92. The quantitative estimate of drug-likeness (QED) is 0.926. The normalized spacial score (nSPS) is 18.9. The number of nitrogens with two attached hydrogens (primary N) is 1. The highest BCUT2D eigenvalue weighted by molar-refractivity contribution is 6.32. The fourth-order valence-electron chi connectivity index (χ4n) is 2.62. The lowest BCUT2D eigenvalue weighted by Gasteiger charge is -2.33. The number of fused-ring (bicyclic) bond motifs is 1. The molecule has 2 N–H and O–H groups in total. The average molecular weight is 313 g/mol. The molecule has 0 amide bonds. The third kappa shape index (κ3) is 2.97. The van der Waals surface area contributed by atoms with Crippen molar-refractivity contribution in [2.24, 2.45) is 11.7 Å². The van der Waals surface area contributed by atoms with Crippen LogP contribution in [-0.4, -0.2) is 29.6 Å². The van der Waals surface area contributed by atoms with E-state index in [1.54, 1.807) is 0 Å². The number of hydrogen-bond donors (Lipinski definition) is 1. The Bertz CT molecular complexity index is 590. The first-order valence-corrected chi connectivity index (χ1v) is 7.03. The van der Waals surface area contributed by atoms with Crippen molar-refractivity contribution in [3.63, 3.8) is 0 Å². The van der Waals surface area contributed by atoms with Crippen LogP contribution in [0.2, 0.25) is 5.15 Å². The Morgan fingerprint density at radius 3 is 2.65 bits per heavy atom. The Hall–Kier alpha value is -1.10. The summed E-state index contributed by atoms with van der Waals surface area (Å²) >= 11 is 6.28. The second-order valence-electron chi connectivity index (χ2n) is 5.02. The maximum absolute atomic E-state index is 6.28. The van der Waals surface area contributed by atoms with Crippen LogP contribution in [0.3, 0.4) is 0 Å². The van der Waals surface area contributed by atoms with Crippen LogP contribution in [0.4, 0.5) is 5.82 Å². The van der Waals surface area contributed by atoms with Gasteiger partial charge in [-0.3, -0.25) is 0 Å². The number of para-hydroxylation sites is 2. The van der Waals surface area contributed by atoms with E-state index in [0.717, 1.165) is 42.9 Å². The molecule has 20 heavy (non-hydrogen) atoms. The number of hydrogen-bond acceptors (Lipinski definition) is 4. The van der Waals surface area contributed by atoms with Crippen molar-refractivity contribution in [2.45, 2.75) is 12.8 Å². The minimum absolute atomic E-state index is 0. The summed E-state index contributed by atoms with van der Waals surface area (Å²) in [5.41, 5.74) is 7.50. The van der Waals surface area contributed by atoms with Gasteiger partial charge >= 0.3 is 0 Å². The van der Waals surface area contributed by atoms with Crippen molar-refractivity contribution in [3.05, 3.63) is 29.4 Å². The zero-order chi connectivity index (χ0) is 13.2. The lowest BCUT2D eigenvalue weighted by molar-refractivity contribution is 0.422. The van der Waals surface area contributed by atoms with Gasteiger partial charge < -0.3 is 10.6 Å². The predicted octanol–water partition coefficient (Wildman–Crippen LogP) is 2.88. The van der Waals surface area contributed by atoms with E-state index in [2.05, 4.69) is 14.9 Å². The van der Waals surface area contributed by atoms with Crippen LogP contribution in [0, 0.1) is 5.92 Å². The summed E-state index contributed by atoms with van der Waals surface area (Å²) in [6.45, 7) is 2.61. The average Bonchev–Trinajstić information content (AvgIpc) is 2.46. The molecule has 1 atom stereocenters. The molecule has 1 aromatic carbocycles. The summed E-state index contributed by atoms with van der Waals surface area (Å²) in [4.78, 5) is 11.3. The number of halogens is 2. The van der Waals surface area contributed by atoms with Gasteiger partial charge in [-0.05, 0) is 37.4 Å². The van der Waals surface area contributed by atoms with Crippen molar-refractivity contribution in [1.82, 2.24) is 9.97 Å². The molecule has 1 aromatic heterocycles. The second-order valence-corrected chi connectivity index (χ2v) is 5.37. The molecule has 1 aliphatic heterocycles. The van der Waals surface area contributed by atoms with Crippen LogP contribution in [0.1, 0.15) is 12.8 Å². The molecule has 1 unspecified atom stereocenters. The molecule has 0 saturated carbocycles. The third-order valence-electron chi connectivity index (χ3n) is 3.66. The van der Waals surface area contributed by atoms with Gasteiger partial charge in [0.25, 0.3) is 0 Å². The predicted molar refractivity (Wildman–Crippen MR) is 85.8 cm³/mol. The van der Waals surface area contributed by atoms with Crippen molar-refractivity contribution in [3.8, 4) is 0 Å². The van der Waals surface area contributed by atoms with E-state index in [9.17, 15) is 0 Å². The molecule has 0 spiro atoms. The van der Waals surface area contributed by atoms with Crippen LogP contribution in [0.25, 0.3) is 11.0 Å². The molecule has 4 nitrogen and oxygen atoms in total. The van der Waals surface area contributed by atoms with Gasteiger partial charge in [0.2, 0.25) is 0 Å². The molecular weight excluding hydrogens is 295 g/mol. The lowest BCUT2D eigenvalue weighted by atomic mass is 9.98. The topological polar surface area (TPSA) is 55.0 Å². The Balaban J connectivity index is 0.00000147. The van der Waals surface area contributed by atoms with Crippen LogP contribution >= 0.6 is 24.0 Å². The highest BCUT2D eigenvalue weighted by Crippen LogP contribution is 2.28. The fourth-order valence-corrected chi connectivity index (χ4v) is 2.87. The van der Waals surface area contributed by atoms with Crippen LogP contribution < -0.4 is 10.6 Å². The van der Waals surface area contributed by atoms with Crippen molar-refractivity contribution in [2.75, 3.05) is 24.5 Å². The zero-order valence-corrected chi connectivity index (χ0v) is 12.7. The first-order chi connectivity index (χ1) is 9.28. The SMILES string of the molecule is Cl.NCC1CCCN(c2nc3ccccc3nc2Cl)C1. The number of rotatable bonds is 2. The van der Waals surface area contributed by atoms with Crippen molar-refractivity contribution in [1.29, 1.82) is 0 Å². The van der Waals surface area contributed by atoms with E-state index in [1.807, 2.05) is 24.3 Å². The summed E-state index contributed by atoms with van der Waals surface area (Å²) in [5.74, 6) is 1.32. The second kappa shape index (κ2) is 6.57. The summed E-state index contributed by atoms with van der Waals surface area (Å²) in [7, 11) is 0. The van der Waals surface area contributed by atoms with Gasteiger partial charge in [0.05, 0.1) is 11.0 Å². The van der Waals surface area contributed by atoms with Crippen LogP contribution in [0.15, 0.2) is 24.3 Å². The molecule has 2 heterocycles. The first kappa shape index (κ1) is 15.3. The smallest absolute Gasteiger partial charge is 0.172 e. The summed E-state index contributed by atoms with van der Waals surface area (Å²) in [6, 6.07) is 7.80. The van der Waals surface area contributed by atoms with Gasteiger partial charge in [-0.2, -0.15) is 0 Å². The summed E-state index contributed by atoms with van der Waals surface area (Å²) in [5, 5.41) is 0.483. The number of anilines is 1. The van der Waals surface area contributed by atoms with E-state index < -0.39 is 0 Å². The highest BCUT2D eigenvalue weighted by atomic mass is 35.5. The molecule has 1 fully saturated rings. The molecule has 1 aliphatic rings. The van der Waals surface area contributed by atoms with Crippen LogP contribution in [0.5, 0.6) is 0 Å². The summed E-state index contributed by atoms with van der Waals surface area (Å²) in [6.07, 6.45) is 2.32. The molecule has 0 aliphatic carbocycles. The largest absolute Gasteiger partial charge is 0.354 e.